The number of rotatable bonds is 14. The van der Waals surface area contributed by atoms with Gasteiger partial charge in [-0.2, -0.15) is 26.3 Å². The highest BCUT2D eigenvalue weighted by Crippen LogP contribution is 2.38. The molecular formula is C31H40F6N6O8S. The van der Waals surface area contributed by atoms with Crippen molar-refractivity contribution in [3.8, 4) is 0 Å². The van der Waals surface area contributed by atoms with Crippen LogP contribution in [-0.2, 0) is 41.9 Å². The van der Waals surface area contributed by atoms with Gasteiger partial charge in [-0.25, -0.2) is 8.42 Å². The maximum atomic E-state index is 13.8. The number of hydrogen-bond donors (Lipinski definition) is 5. The van der Waals surface area contributed by atoms with Crippen molar-refractivity contribution in [3.63, 3.8) is 0 Å². The zero-order chi connectivity index (χ0) is 40.2. The van der Waals surface area contributed by atoms with Crippen LogP contribution in [0, 0.1) is 5.92 Å². The van der Waals surface area contributed by atoms with E-state index in [2.05, 4.69) is 21.3 Å². The van der Waals surface area contributed by atoms with E-state index in [9.17, 15) is 50.3 Å². The van der Waals surface area contributed by atoms with Crippen LogP contribution in [0.4, 0.5) is 32.0 Å². The molecule has 0 saturated carbocycles. The summed E-state index contributed by atoms with van der Waals surface area (Å²) < 4.78 is 100. The number of nitrogens with two attached hydrogens (primary N) is 1. The third kappa shape index (κ3) is 15.2. The fraction of sp³-hybridized carbons (Fsp3) is 0.452. The molecule has 0 heterocycles. The monoisotopic (exact) mass is 770 g/mol. The summed E-state index contributed by atoms with van der Waals surface area (Å²) in [5.74, 6) is -3.87. The number of quaternary nitrogens is 1. The van der Waals surface area contributed by atoms with Crippen LogP contribution in [0.3, 0.4) is 0 Å². The van der Waals surface area contributed by atoms with Crippen molar-refractivity contribution in [3.05, 3.63) is 65.2 Å². The molecule has 2 aromatic rings. The van der Waals surface area contributed by atoms with Crippen LogP contribution in [0.1, 0.15) is 41.8 Å². The highest BCUT2D eigenvalue weighted by atomic mass is 32.2. The van der Waals surface area contributed by atoms with Crippen molar-refractivity contribution in [2.24, 2.45) is 11.7 Å². The topological polar surface area (TPSA) is 217 Å². The van der Waals surface area contributed by atoms with E-state index in [4.69, 9.17) is 18.7 Å². The lowest BCUT2D eigenvalue weighted by molar-refractivity contribution is -0.137. The number of alkyl halides is 6. The second kappa shape index (κ2) is 18.6. The minimum absolute atomic E-state index is 0.0261. The van der Waals surface area contributed by atoms with Crippen LogP contribution in [-0.4, -0.2) is 94.3 Å². The summed E-state index contributed by atoms with van der Waals surface area (Å²) >= 11 is 0. The van der Waals surface area contributed by atoms with E-state index >= 15 is 0 Å². The molecule has 2 rings (SSSR count). The second-order valence-corrected chi connectivity index (χ2v) is 13.7. The van der Waals surface area contributed by atoms with E-state index < -0.39 is 81.4 Å². The molecule has 21 heteroatoms. The summed E-state index contributed by atoms with van der Waals surface area (Å²) in [5, 5.41) is 9.99. The molecule has 14 nitrogen and oxygen atoms in total. The van der Waals surface area contributed by atoms with E-state index in [1.807, 2.05) is 0 Å². The van der Waals surface area contributed by atoms with Crippen molar-refractivity contribution in [2.75, 3.05) is 34.2 Å². The first-order valence-electron chi connectivity index (χ1n) is 15.2. The normalized spacial score (nSPS) is 13.2. The lowest BCUT2D eigenvalue weighted by atomic mass is 10.0. The number of benzene rings is 2. The Hall–Kier alpha value is -4.76. The molecule has 0 aromatic heterocycles. The van der Waals surface area contributed by atoms with Gasteiger partial charge < -0.3 is 31.6 Å². The number of halogens is 6. The van der Waals surface area contributed by atoms with Crippen molar-refractivity contribution in [1.29, 1.82) is 0 Å². The lowest BCUT2D eigenvalue weighted by Gasteiger charge is -2.27. The van der Waals surface area contributed by atoms with Crippen LogP contribution in [0.15, 0.2) is 48.5 Å². The second-order valence-electron chi connectivity index (χ2n) is 12.4. The van der Waals surface area contributed by atoms with Crippen molar-refractivity contribution >= 4 is 45.3 Å². The molecule has 0 aliphatic heterocycles. The van der Waals surface area contributed by atoms with Gasteiger partial charge in [0.15, 0.2) is 10.1 Å². The average Bonchev–Trinajstić information content (AvgIpc) is 3.00. The van der Waals surface area contributed by atoms with Crippen molar-refractivity contribution in [2.45, 2.75) is 50.5 Å². The van der Waals surface area contributed by atoms with Crippen molar-refractivity contribution < 1.29 is 63.3 Å². The Morgan fingerprint density at radius 3 is 1.88 bits per heavy atom. The number of primary amides is 1. The van der Waals surface area contributed by atoms with Gasteiger partial charge in [0.25, 0.3) is 5.91 Å². The maximum Gasteiger partial charge on any atom is 0.485 e. The Labute approximate surface area is 295 Å². The van der Waals surface area contributed by atoms with Gasteiger partial charge in [-0.15, -0.1) is 0 Å². The minimum atomic E-state index is -6.09. The predicted molar refractivity (Wildman–Crippen MR) is 175 cm³/mol. The summed E-state index contributed by atoms with van der Waals surface area (Å²) in [4.78, 5) is 62.2. The molecule has 0 aliphatic rings. The quantitative estimate of drug-likeness (QED) is 0.0820. The largest absolute Gasteiger partial charge is 0.741 e. The Bertz CT molecular complexity index is 1680. The first-order chi connectivity index (χ1) is 23.6. The number of hydrogen-bond acceptors (Lipinski definition) is 8. The van der Waals surface area contributed by atoms with Crippen LogP contribution >= 0.6 is 0 Å². The van der Waals surface area contributed by atoms with E-state index in [1.54, 1.807) is 65.3 Å². The van der Waals surface area contributed by atoms with Gasteiger partial charge in [-0.1, -0.05) is 44.2 Å². The molecule has 2 atom stereocenters. The van der Waals surface area contributed by atoms with Crippen LogP contribution in [0.2, 0.25) is 0 Å². The van der Waals surface area contributed by atoms with E-state index in [1.165, 1.54) is 12.1 Å². The highest BCUT2D eigenvalue weighted by Gasteiger charge is 2.39. The molecule has 0 unspecified atom stereocenters. The maximum absolute atomic E-state index is 13.8. The molecule has 0 fully saturated rings. The molecule has 52 heavy (non-hydrogen) atoms. The van der Waals surface area contributed by atoms with E-state index in [0.717, 1.165) is 11.6 Å². The molecular weight excluding hydrogens is 730 g/mol. The zero-order valence-electron chi connectivity index (χ0n) is 28.6. The Kier molecular flexibility index (Phi) is 16.2. The molecule has 290 valence electrons. The molecule has 5 amide bonds. The predicted octanol–water partition coefficient (Wildman–Crippen LogP) is 1.54. The summed E-state index contributed by atoms with van der Waals surface area (Å²) in [7, 11) is -1.36. The number of carbonyl (C=O) groups excluding carboxylic acids is 5. The number of nitrogens with zero attached hydrogens (tertiary/aromatic N) is 1. The van der Waals surface area contributed by atoms with E-state index in [0.29, 0.717) is 0 Å². The summed E-state index contributed by atoms with van der Waals surface area (Å²) in [6.45, 7) is 2.74. The van der Waals surface area contributed by atoms with Gasteiger partial charge in [-0.05, 0) is 23.6 Å². The summed E-state index contributed by atoms with van der Waals surface area (Å²) in [6, 6.07) is 10.0. The van der Waals surface area contributed by atoms with Gasteiger partial charge in [-0.3, -0.25) is 28.5 Å². The third-order valence-corrected chi connectivity index (χ3v) is 7.40. The summed E-state index contributed by atoms with van der Waals surface area (Å²) in [6.07, 6.45) is -4.79. The molecule has 6 N–H and O–H groups in total. The SMILES string of the molecule is CC(C)[C@H](NC(=O)c1ccc([N+](C)(C)C)c(C(F)(F)F)c1)C(=O)NCCC(=O)N[C@@H](Cc1ccccc1)C(=O)NCC(N)=O.O=S(=O)([O-])C(F)(F)F. The Morgan fingerprint density at radius 2 is 1.42 bits per heavy atom. The third-order valence-electron chi connectivity index (χ3n) is 6.83. The average molecular weight is 771 g/mol. The molecule has 2 aromatic carbocycles. The van der Waals surface area contributed by atoms with Crippen LogP contribution < -0.4 is 31.5 Å². The number of carbonyl (C=O) groups is 5. The van der Waals surface area contributed by atoms with Crippen molar-refractivity contribution in [1.82, 2.24) is 25.8 Å². The van der Waals surface area contributed by atoms with Gasteiger partial charge in [0.2, 0.25) is 23.6 Å². The Morgan fingerprint density at radius 1 is 0.865 bits per heavy atom. The first-order valence-corrected chi connectivity index (χ1v) is 16.6. The number of nitrogens with one attached hydrogen (secondary N) is 4. The van der Waals surface area contributed by atoms with Crippen LogP contribution in [0.5, 0.6) is 0 Å². The fourth-order valence-electron chi connectivity index (χ4n) is 4.28. The number of amides is 5. The van der Waals surface area contributed by atoms with Gasteiger partial charge in [0, 0.05) is 31.0 Å². The molecule has 0 aliphatic carbocycles. The van der Waals surface area contributed by atoms with Gasteiger partial charge >= 0.3 is 11.7 Å². The van der Waals surface area contributed by atoms with Gasteiger partial charge in [0.05, 0.1) is 27.7 Å². The molecule has 0 spiro atoms. The van der Waals surface area contributed by atoms with Crippen LogP contribution in [0.25, 0.3) is 0 Å². The van der Waals surface area contributed by atoms with E-state index in [-0.39, 0.29) is 35.1 Å². The fourth-order valence-corrected chi connectivity index (χ4v) is 4.28. The summed E-state index contributed by atoms with van der Waals surface area (Å²) in [5.41, 5.74) is -1.04. The first kappa shape index (κ1) is 45.3. The molecule has 0 bridgehead atoms. The standard InChI is InChI=1S/C30H39F3N6O5.CHF3O3S/c1-18(2)26(38-27(42)20-11-12-23(39(3,4)5)21(16-20)30(31,32)33)29(44)35-14-13-25(41)37-22(28(43)36-17-24(34)40)15-19-9-7-6-8-10-19;2-1(3,4)8(5,6)7/h6-12,16,18,22,26H,13-15,17H2,1-5H3,(H5-,34,35,36,37,38,40,41,42,43,44);(H,5,6,7)/t22-,26-;/m0./s1. The smallest absolute Gasteiger partial charge is 0.485 e. The molecule has 0 saturated heterocycles. The lowest BCUT2D eigenvalue weighted by Crippen LogP contribution is -2.51. The van der Waals surface area contributed by atoms with Gasteiger partial charge in [0.1, 0.15) is 23.3 Å². The Balaban J connectivity index is 0.00000150. The minimum Gasteiger partial charge on any atom is -0.741 e. The highest BCUT2D eigenvalue weighted by molar-refractivity contribution is 7.86. The zero-order valence-corrected chi connectivity index (χ0v) is 29.5. The molecule has 0 radical (unpaired) electrons.